The molecular formula is C27H33N3O2. The molecule has 1 amide bonds. The monoisotopic (exact) mass is 431 g/mol. The predicted octanol–water partition coefficient (Wildman–Crippen LogP) is 5.01. The van der Waals surface area contributed by atoms with Crippen molar-refractivity contribution < 1.29 is 9.53 Å². The summed E-state index contributed by atoms with van der Waals surface area (Å²) >= 11 is 0. The van der Waals surface area contributed by atoms with Crippen LogP contribution in [0.2, 0.25) is 0 Å². The zero-order valence-corrected chi connectivity index (χ0v) is 19.0. The molecule has 2 aromatic carbocycles. The minimum absolute atomic E-state index is 0.177. The number of amides is 1. The summed E-state index contributed by atoms with van der Waals surface area (Å²) in [4.78, 5) is 20.3. The van der Waals surface area contributed by atoms with Crippen LogP contribution in [0, 0.1) is 0 Å². The highest BCUT2D eigenvalue weighted by Crippen LogP contribution is 2.28. The van der Waals surface area contributed by atoms with Crippen molar-refractivity contribution >= 4 is 16.8 Å². The number of aromatic nitrogens is 1. The van der Waals surface area contributed by atoms with Crippen molar-refractivity contribution in [2.24, 2.45) is 0 Å². The lowest BCUT2D eigenvalue weighted by Gasteiger charge is -2.18. The molecule has 3 heterocycles. The second kappa shape index (κ2) is 9.37. The summed E-state index contributed by atoms with van der Waals surface area (Å²) in [6.07, 6.45) is 8.92. The molecule has 0 saturated carbocycles. The lowest BCUT2D eigenvalue weighted by molar-refractivity contribution is 0.0775. The molecule has 0 radical (unpaired) electrons. The minimum atomic E-state index is 0.177. The van der Waals surface area contributed by atoms with E-state index >= 15 is 0 Å². The fourth-order valence-corrected chi connectivity index (χ4v) is 5.17. The second-order valence-electron chi connectivity index (χ2n) is 9.30. The zero-order chi connectivity index (χ0) is 21.9. The van der Waals surface area contributed by atoms with Crippen LogP contribution in [0.25, 0.3) is 10.9 Å². The molecule has 5 rings (SSSR count). The van der Waals surface area contributed by atoms with Crippen LogP contribution < -0.4 is 4.74 Å². The van der Waals surface area contributed by atoms with E-state index in [1.807, 2.05) is 23.1 Å². The van der Waals surface area contributed by atoms with Gasteiger partial charge in [0.25, 0.3) is 5.91 Å². The topological polar surface area (TPSA) is 48.6 Å². The van der Waals surface area contributed by atoms with Gasteiger partial charge in [-0.2, -0.15) is 0 Å². The molecule has 1 N–H and O–H groups in total. The van der Waals surface area contributed by atoms with Crippen molar-refractivity contribution in [2.45, 2.75) is 51.1 Å². The second-order valence-corrected chi connectivity index (χ2v) is 9.30. The van der Waals surface area contributed by atoms with E-state index in [9.17, 15) is 4.79 Å². The molecule has 2 aliphatic rings. The third-order valence-electron chi connectivity index (χ3n) is 7.10. The van der Waals surface area contributed by atoms with Gasteiger partial charge in [0, 0.05) is 41.8 Å². The van der Waals surface area contributed by atoms with Crippen LogP contribution in [0.5, 0.6) is 5.75 Å². The zero-order valence-electron chi connectivity index (χ0n) is 19.0. The Morgan fingerprint density at radius 2 is 2.03 bits per heavy atom. The first-order chi connectivity index (χ1) is 15.7. The van der Waals surface area contributed by atoms with Crippen LogP contribution >= 0.6 is 0 Å². The molecule has 1 saturated heterocycles. The number of hydrogen-bond acceptors (Lipinski definition) is 3. The lowest BCUT2D eigenvalue weighted by atomic mass is 10.0. The summed E-state index contributed by atoms with van der Waals surface area (Å²) in [5.41, 5.74) is 4.60. The van der Waals surface area contributed by atoms with Gasteiger partial charge in [0.2, 0.25) is 0 Å². The fourth-order valence-electron chi connectivity index (χ4n) is 5.17. The number of carbonyl (C=O) groups is 1. The molecule has 1 aromatic heterocycles. The van der Waals surface area contributed by atoms with E-state index in [-0.39, 0.29) is 5.91 Å². The highest BCUT2D eigenvalue weighted by molar-refractivity contribution is 5.98. The molecule has 5 heteroatoms. The average Bonchev–Trinajstić information content (AvgIpc) is 3.49. The summed E-state index contributed by atoms with van der Waals surface area (Å²) in [7, 11) is 2.24. The van der Waals surface area contributed by atoms with Gasteiger partial charge in [-0.3, -0.25) is 4.79 Å². The average molecular weight is 432 g/mol. The van der Waals surface area contributed by atoms with E-state index in [1.54, 1.807) is 0 Å². The van der Waals surface area contributed by atoms with Crippen molar-refractivity contribution in [2.75, 3.05) is 26.7 Å². The number of H-pyrrole nitrogens is 1. The number of rotatable bonds is 9. The van der Waals surface area contributed by atoms with E-state index in [4.69, 9.17) is 4.74 Å². The quantitative estimate of drug-likeness (QED) is 0.485. The first-order valence-corrected chi connectivity index (χ1v) is 12.0. The van der Waals surface area contributed by atoms with E-state index in [2.05, 4.69) is 47.4 Å². The Morgan fingerprint density at radius 3 is 2.88 bits per heavy atom. The Morgan fingerprint density at radius 1 is 1.12 bits per heavy atom. The van der Waals surface area contributed by atoms with Gasteiger partial charge in [0.05, 0.1) is 6.61 Å². The molecule has 0 spiro atoms. The van der Waals surface area contributed by atoms with Gasteiger partial charge < -0.3 is 19.5 Å². The van der Waals surface area contributed by atoms with Gasteiger partial charge in [-0.1, -0.05) is 18.2 Å². The van der Waals surface area contributed by atoms with Gasteiger partial charge >= 0.3 is 0 Å². The van der Waals surface area contributed by atoms with Crippen LogP contribution in [0.1, 0.15) is 53.6 Å². The van der Waals surface area contributed by atoms with E-state index in [0.29, 0.717) is 12.6 Å². The van der Waals surface area contributed by atoms with Gasteiger partial charge in [0.1, 0.15) is 5.75 Å². The lowest BCUT2D eigenvalue weighted by Crippen LogP contribution is -2.26. The molecular weight excluding hydrogens is 398 g/mol. The van der Waals surface area contributed by atoms with Gasteiger partial charge in [-0.05, 0) is 87.5 Å². The number of aromatic amines is 1. The Balaban J connectivity index is 1.07. The molecule has 1 fully saturated rings. The third kappa shape index (κ3) is 4.40. The Kier molecular flexibility index (Phi) is 6.17. The van der Waals surface area contributed by atoms with Crippen LogP contribution in [0.4, 0.5) is 0 Å². The smallest absolute Gasteiger partial charge is 0.254 e. The number of nitrogens with zero attached hydrogens (tertiary/aromatic N) is 2. The summed E-state index contributed by atoms with van der Waals surface area (Å²) in [6.45, 7) is 3.49. The standard InChI is InChI=1S/C27H33N3O2/c1-29-13-7-9-22(29)16-21-18-28-26-12-11-23(17-25(21)26)32-15-6-2-5-14-30-19-20-8-3-4-10-24(20)27(30)31/h3-4,8,10-12,17-18,22,28H,2,5-7,9,13-16,19H2,1H3/t22-/m1/s1. The van der Waals surface area contributed by atoms with Crippen LogP contribution in [-0.2, 0) is 13.0 Å². The Labute approximate surface area is 190 Å². The molecule has 5 nitrogen and oxygen atoms in total. The molecule has 168 valence electrons. The summed E-state index contributed by atoms with van der Waals surface area (Å²) in [5.74, 6) is 1.12. The Hall–Kier alpha value is -2.79. The summed E-state index contributed by atoms with van der Waals surface area (Å²) < 4.78 is 6.07. The maximum Gasteiger partial charge on any atom is 0.254 e. The van der Waals surface area contributed by atoms with E-state index in [0.717, 1.165) is 55.6 Å². The van der Waals surface area contributed by atoms with Crippen molar-refractivity contribution in [3.63, 3.8) is 0 Å². The molecule has 2 aliphatic heterocycles. The van der Waals surface area contributed by atoms with Crippen LogP contribution in [0.3, 0.4) is 0 Å². The minimum Gasteiger partial charge on any atom is -0.494 e. The van der Waals surface area contributed by atoms with Gasteiger partial charge in [0.15, 0.2) is 0 Å². The number of likely N-dealkylation sites (tertiary alicyclic amines) is 1. The van der Waals surface area contributed by atoms with Gasteiger partial charge in [-0.15, -0.1) is 0 Å². The number of carbonyl (C=O) groups excluding carboxylic acids is 1. The molecule has 3 aromatic rings. The predicted molar refractivity (Wildman–Crippen MR) is 128 cm³/mol. The maximum absolute atomic E-state index is 12.4. The van der Waals surface area contributed by atoms with Crippen molar-refractivity contribution in [3.05, 3.63) is 65.4 Å². The van der Waals surface area contributed by atoms with Crippen molar-refractivity contribution in [1.29, 1.82) is 0 Å². The number of fused-ring (bicyclic) bond motifs is 2. The Bertz CT molecular complexity index is 1090. The van der Waals surface area contributed by atoms with Crippen molar-refractivity contribution in [1.82, 2.24) is 14.8 Å². The SMILES string of the molecule is CN1CCC[C@@H]1Cc1c[nH]c2ccc(OCCCCCN3Cc4ccccc4C3=O)cc12. The first kappa shape index (κ1) is 21.1. The number of likely N-dealkylation sites (N-methyl/N-ethyl adjacent to an activating group) is 1. The maximum atomic E-state index is 12.4. The van der Waals surface area contributed by atoms with Crippen LogP contribution in [-0.4, -0.2) is 53.5 Å². The number of unbranched alkanes of at least 4 members (excludes halogenated alkanes) is 2. The number of ether oxygens (including phenoxy) is 1. The molecule has 0 aliphatic carbocycles. The van der Waals surface area contributed by atoms with Crippen LogP contribution in [0.15, 0.2) is 48.7 Å². The summed E-state index contributed by atoms with van der Waals surface area (Å²) in [5, 5.41) is 1.29. The van der Waals surface area contributed by atoms with E-state index in [1.165, 1.54) is 35.9 Å². The van der Waals surface area contributed by atoms with E-state index < -0.39 is 0 Å². The third-order valence-corrected chi connectivity index (χ3v) is 7.10. The van der Waals surface area contributed by atoms with Crippen molar-refractivity contribution in [3.8, 4) is 5.75 Å². The fraction of sp³-hybridized carbons (Fsp3) is 0.444. The molecule has 1 atom stereocenters. The van der Waals surface area contributed by atoms with Gasteiger partial charge in [-0.25, -0.2) is 0 Å². The summed E-state index contributed by atoms with van der Waals surface area (Å²) in [6, 6.07) is 15.0. The highest BCUT2D eigenvalue weighted by atomic mass is 16.5. The number of hydrogen-bond donors (Lipinski definition) is 1. The molecule has 32 heavy (non-hydrogen) atoms. The normalized spacial score (nSPS) is 18.6. The molecule has 0 unspecified atom stereocenters. The molecule has 0 bridgehead atoms. The largest absolute Gasteiger partial charge is 0.494 e. The first-order valence-electron chi connectivity index (χ1n) is 12.0. The highest BCUT2D eigenvalue weighted by Gasteiger charge is 2.26. The number of nitrogens with one attached hydrogen (secondary N) is 1. The number of benzene rings is 2.